The lowest BCUT2D eigenvalue weighted by Crippen LogP contribution is -2.73. The van der Waals surface area contributed by atoms with E-state index in [0.717, 1.165) is 42.8 Å². The Bertz CT molecular complexity index is 4900. The molecule has 1 unspecified atom stereocenters. The molecule has 0 spiro atoms. The van der Waals surface area contributed by atoms with Crippen molar-refractivity contribution in [3.63, 3.8) is 0 Å². The van der Waals surface area contributed by atoms with Crippen LogP contribution in [0.4, 0.5) is 143 Å². The van der Waals surface area contributed by atoms with Crippen LogP contribution in [0.5, 0.6) is 11.5 Å². The van der Waals surface area contributed by atoms with E-state index in [1.165, 1.54) is 46.9 Å². The van der Waals surface area contributed by atoms with E-state index in [0.29, 0.717) is 56.9 Å². The fourth-order valence-corrected chi connectivity index (χ4v) is 14.7. The molecule has 1 atom stereocenters. The average molecular weight is 2060 g/mol. The lowest BCUT2D eigenvalue weighted by Gasteiger charge is -2.47. The van der Waals surface area contributed by atoms with Crippen LogP contribution in [0, 0.1) is 5.41 Å². The van der Waals surface area contributed by atoms with Gasteiger partial charge in [-0.25, -0.2) is 0 Å². The van der Waals surface area contributed by atoms with Crippen LogP contribution in [-0.4, -0.2) is 235 Å². The molecule has 780 valence electrons. The van der Waals surface area contributed by atoms with Gasteiger partial charge in [0.1, 0.15) is 53.5 Å². The van der Waals surface area contributed by atoms with Gasteiger partial charge in [-0.05, 0) is 154 Å². The Morgan fingerprint density at radius 3 is 0.906 bits per heavy atom. The maximum atomic E-state index is 13.7. The summed E-state index contributed by atoms with van der Waals surface area (Å²) in [5, 5.41) is 0. The van der Waals surface area contributed by atoms with Gasteiger partial charge < -0.3 is 52.1 Å². The van der Waals surface area contributed by atoms with E-state index in [-0.39, 0.29) is 11.5 Å². The largest absolute Gasteiger partial charge is 0.488 e. The van der Waals surface area contributed by atoms with Gasteiger partial charge in [-0.2, -0.15) is 132 Å². The third kappa shape index (κ3) is 24.8. The zero-order chi connectivity index (χ0) is 107. The lowest BCUT2D eigenvalue weighted by molar-refractivity contribution is -0.423. The highest BCUT2D eigenvalue weighted by atomic mass is 19.5. The van der Waals surface area contributed by atoms with Crippen molar-refractivity contribution in [3.8, 4) is 11.5 Å². The number of esters is 3. The van der Waals surface area contributed by atoms with Crippen LogP contribution in [0.3, 0.4) is 0 Å². The quantitative estimate of drug-likeness (QED) is 0.0450. The lowest BCUT2D eigenvalue weighted by atomic mass is 9.79. The molecular formula is C85H91F30N5O19. The van der Waals surface area contributed by atoms with E-state index in [1.54, 1.807) is 51.1 Å². The van der Waals surface area contributed by atoms with Crippen LogP contribution < -0.4 is 19.3 Å². The van der Waals surface area contributed by atoms with Crippen molar-refractivity contribution < 1.29 is 222 Å². The summed E-state index contributed by atoms with van der Waals surface area (Å²) < 4.78 is 457. The molecular weight excluding hydrogens is 1960 g/mol. The number of hydrogen-bond donors (Lipinski definition) is 0. The van der Waals surface area contributed by atoms with Crippen LogP contribution in [0.1, 0.15) is 133 Å². The van der Waals surface area contributed by atoms with Crippen LogP contribution in [-0.2, 0) is 86.6 Å². The third-order valence-electron chi connectivity index (χ3n) is 20.9. The Balaban J connectivity index is 0.000000267. The predicted octanol–water partition coefficient (Wildman–Crippen LogP) is 19.7. The van der Waals surface area contributed by atoms with E-state index in [1.807, 2.05) is 20.8 Å². The number of halogens is 30. The summed E-state index contributed by atoms with van der Waals surface area (Å²) in [6.45, 7) is 20.9. The Morgan fingerprint density at radius 1 is 0.353 bits per heavy atom. The molecule has 3 aromatic rings. The normalized spacial score (nSPS) is 20.4. The number of hydrogen-bond acceptors (Lipinski definition) is 19. The monoisotopic (exact) mass is 2060 g/mol. The standard InChI is InChI=1S/C21H21F6NO4.C19H21F6NO4.C17H17F6NO3.C15H17F6NO4.C13H15F6NO4/c1-14-13-31-19(20(22,23)24,21(25,26)27)28(17(14)30)12-16(29)32-18(10-6-3-7-11-18)15-8-4-2-5-9-15;1-11-10-29-17(18(20,21)22,19(23,24)25)26(14(11)27)12-6-8-13(9-7-12)30-15(28-5)16(2,3)4;1-10-9-26-15(16(18,19)20,17(21,22)23)24(13(10)25)11-5-7-12(8-6-11)27-14(2,3)4;1-9-8-25-13(14(16,17)18,15(19,20)21)22(11(9)24)7-10(23)26-12(2)5-3-4-6-12;1-7-6-23-11(12(14,15)16,13(17,18)19)20(9(7)22)5-8(21)24-10(2,3)4/h2,4-5,8-9H,1,3,6-7,10-13H2;6-9,15H,1,10H2,2-5H3;5-8H,1,9H2,2-4H3;1,3-8H2,2H3;1,5-6H2,2-4H3. The molecule has 3 aromatic carbocycles. The molecule has 0 aromatic heterocycles. The molecule has 2 saturated carbocycles. The molecule has 5 saturated heterocycles. The van der Waals surface area contributed by atoms with E-state index >= 15 is 0 Å². The molecule has 139 heavy (non-hydrogen) atoms. The van der Waals surface area contributed by atoms with Gasteiger partial charge in [0.15, 0.2) is 0 Å². The summed E-state index contributed by atoms with van der Waals surface area (Å²) in [7, 11) is 1.39. The Morgan fingerprint density at radius 2 is 0.626 bits per heavy atom. The molecule has 0 N–H and O–H groups in total. The van der Waals surface area contributed by atoms with E-state index in [4.69, 9.17) is 23.7 Å². The van der Waals surface area contributed by atoms with Gasteiger partial charge in [-0.3, -0.25) is 62.9 Å². The average Bonchev–Trinajstić information content (AvgIpc) is 2.01. The summed E-state index contributed by atoms with van der Waals surface area (Å²) in [5.74, 6) is -12.0. The molecule has 2 aliphatic carbocycles. The number of methoxy groups -OCH3 is 1. The Labute approximate surface area is 771 Å². The second-order valence-corrected chi connectivity index (χ2v) is 35.0. The molecule has 5 amide bonds. The second-order valence-electron chi connectivity index (χ2n) is 35.0. The van der Waals surface area contributed by atoms with Crippen molar-refractivity contribution in [1.29, 1.82) is 0 Å². The van der Waals surface area contributed by atoms with E-state index in [9.17, 15) is 170 Å². The van der Waals surface area contributed by atoms with Crippen molar-refractivity contribution in [3.05, 3.63) is 145 Å². The number of alkyl halides is 30. The van der Waals surface area contributed by atoms with Gasteiger partial charge in [0, 0.05) is 51.8 Å². The van der Waals surface area contributed by atoms with Crippen molar-refractivity contribution in [2.75, 3.05) is 69.6 Å². The number of anilines is 2. The van der Waals surface area contributed by atoms with E-state index in [2.05, 4.69) is 61.3 Å². The van der Waals surface area contributed by atoms with Crippen molar-refractivity contribution in [2.24, 2.45) is 5.41 Å². The molecule has 7 aliphatic rings. The van der Waals surface area contributed by atoms with Crippen LogP contribution in [0.15, 0.2) is 140 Å². The number of ether oxygens (including phenoxy) is 11. The fraction of sp³-hybridized carbons (Fsp3) is 0.576. The number of benzene rings is 3. The molecule has 10 rings (SSSR count). The van der Waals surface area contributed by atoms with E-state index < -0.39 is 288 Å². The first-order valence-corrected chi connectivity index (χ1v) is 40.5. The number of rotatable bonds is 15. The topological polar surface area (TPSA) is 254 Å². The minimum Gasteiger partial charge on any atom is -0.488 e. The van der Waals surface area contributed by atoms with Crippen molar-refractivity contribution in [1.82, 2.24) is 14.7 Å². The van der Waals surface area contributed by atoms with Gasteiger partial charge in [-0.15, -0.1) is 0 Å². The summed E-state index contributed by atoms with van der Waals surface area (Å²) in [6.07, 6.45) is -55.7. The van der Waals surface area contributed by atoms with Gasteiger partial charge in [-0.1, -0.05) is 90.4 Å². The van der Waals surface area contributed by atoms with Gasteiger partial charge in [0.25, 0.3) is 29.5 Å². The minimum atomic E-state index is -6.07. The number of amides is 5. The maximum absolute atomic E-state index is 13.7. The molecule has 5 heterocycles. The highest BCUT2D eigenvalue weighted by Gasteiger charge is 2.84. The smallest absolute Gasteiger partial charge is 0.447 e. The molecule has 0 bridgehead atoms. The molecule has 54 heteroatoms. The Hall–Kier alpha value is -10.6. The summed E-state index contributed by atoms with van der Waals surface area (Å²) in [4.78, 5) is 94.3. The first kappa shape index (κ1) is 117. The maximum Gasteiger partial charge on any atom is 0.447 e. The number of carbonyl (C=O) groups excluding carboxylic acids is 8. The molecule has 24 nitrogen and oxygen atoms in total. The zero-order valence-electron chi connectivity index (χ0n) is 75.0. The van der Waals surface area contributed by atoms with Gasteiger partial charge in [0.2, 0.25) is 6.29 Å². The van der Waals surface area contributed by atoms with Crippen LogP contribution in [0.2, 0.25) is 0 Å². The van der Waals surface area contributed by atoms with Gasteiger partial charge in [0.05, 0.1) is 33.0 Å². The van der Waals surface area contributed by atoms with Crippen LogP contribution >= 0.6 is 0 Å². The number of carbonyl (C=O) groups is 8. The highest BCUT2D eigenvalue weighted by molar-refractivity contribution is 6.08. The number of nitrogens with zero attached hydrogens (tertiary/aromatic N) is 5. The second kappa shape index (κ2) is 41.1. The third-order valence-corrected chi connectivity index (χ3v) is 20.9. The van der Waals surface area contributed by atoms with Gasteiger partial charge >= 0.3 is 108 Å². The first-order chi connectivity index (χ1) is 62.8. The SMILES string of the molecule is C=C1COC(C(F)(F)F)(C(F)(F)F)N(CC(=O)OC(C)(C)C)C1=O.C=C1COC(C(F)(F)F)(C(F)(F)F)N(CC(=O)OC2(C)CCCC2)C1=O.C=C1COC(C(F)(F)F)(C(F)(F)F)N(CC(=O)OC2(c3ccccc3)CCCCC2)C1=O.C=C1COC(C(F)(F)F)(C(F)(F)F)N(c2ccc(OC(C)(C)C)cc2)C1=O.C=C1COC(C(F)(F)F)(C(F)(F)F)N(c2ccc(OC(OC)C(C)(C)C)cc2)C1=O. The summed E-state index contributed by atoms with van der Waals surface area (Å²) >= 11 is 0. The van der Waals surface area contributed by atoms with Crippen LogP contribution in [0.25, 0.3) is 0 Å². The van der Waals surface area contributed by atoms with Crippen molar-refractivity contribution >= 4 is 58.8 Å². The van der Waals surface area contributed by atoms with Crippen molar-refractivity contribution in [2.45, 2.75) is 246 Å². The Kier molecular flexibility index (Phi) is 34.7. The highest BCUT2D eigenvalue weighted by Crippen LogP contribution is 2.58. The molecule has 0 radical (unpaired) electrons. The fourth-order valence-electron chi connectivity index (χ4n) is 14.7. The summed E-state index contributed by atoms with van der Waals surface area (Å²) in [6, 6.07) is 16.7. The molecule has 7 fully saturated rings. The zero-order valence-corrected chi connectivity index (χ0v) is 75.0. The molecule has 5 aliphatic heterocycles. The first-order valence-electron chi connectivity index (χ1n) is 40.5. The minimum absolute atomic E-state index is 0.120. The summed E-state index contributed by atoms with van der Waals surface area (Å²) in [5.41, 5.74) is -32.8. The predicted molar refractivity (Wildman–Crippen MR) is 420 cm³/mol.